The van der Waals surface area contributed by atoms with Gasteiger partial charge in [-0.25, -0.2) is 0 Å². The molecule has 0 saturated carbocycles. The molecule has 0 bridgehead atoms. The van der Waals surface area contributed by atoms with Crippen LogP contribution in [-0.2, 0) is 4.74 Å². The van der Waals surface area contributed by atoms with Gasteiger partial charge in [0.2, 0.25) is 0 Å². The van der Waals surface area contributed by atoms with E-state index in [0.717, 1.165) is 0 Å². The third-order valence-electron chi connectivity index (χ3n) is 3.05. The fraction of sp³-hybridized carbons (Fsp3) is 0.333. The fourth-order valence-electron chi connectivity index (χ4n) is 2.17. The summed E-state index contributed by atoms with van der Waals surface area (Å²) in [7, 11) is 0. The van der Waals surface area contributed by atoms with Crippen LogP contribution in [0.5, 0.6) is 5.75 Å². The molecular formula is C15H17BF3O2-. The summed E-state index contributed by atoms with van der Waals surface area (Å²) in [6.07, 6.45) is 0.0245. The van der Waals surface area contributed by atoms with Gasteiger partial charge < -0.3 is 22.4 Å². The van der Waals surface area contributed by atoms with Crippen LogP contribution in [0.15, 0.2) is 36.4 Å². The lowest BCUT2D eigenvalue weighted by Gasteiger charge is -2.22. The third kappa shape index (κ3) is 3.91. The largest absolute Gasteiger partial charge is 0.513 e. The van der Waals surface area contributed by atoms with E-state index in [1.54, 1.807) is 24.3 Å². The normalized spacial score (nSPS) is 12.1. The highest BCUT2D eigenvalue weighted by molar-refractivity contribution is 6.76. The Labute approximate surface area is 121 Å². The Morgan fingerprint density at radius 1 is 1.00 bits per heavy atom. The van der Waals surface area contributed by atoms with Crippen LogP contribution in [0.4, 0.5) is 12.9 Å². The van der Waals surface area contributed by atoms with E-state index in [-0.39, 0.29) is 30.5 Å². The highest BCUT2D eigenvalue weighted by Gasteiger charge is 2.31. The summed E-state index contributed by atoms with van der Waals surface area (Å²) in [5, 5.41) is 0.727. The van der Waals surface area contributed by atoms with Crippen LogP contribution in [0, 0.1) is 0 Å². The lowest BCUT2D eigenvalue weighted by molar-refractivity contribution is 0.0554. The Hall–Kier alpha value is -1.69. The number of fused-ring (bicyclic) bond motifs is 1. The molecule has 0 aliphatic rings. The lowest BCUT2D eigenvalue weighted by Crippen LogP contribution is -2.36. The van der Waals surface area contributed by atoms with Crippen molar-refractivity contribution in [3.63, 3.8) is 0 Å². The van der Waals surface area contributed by atoms with Crippen molar-refractivity contribution >= 4 is 23.2 Å². The van der Waals surface area contributed by atoms with Gasteiger partial charge in [-0.2, -0.15) is 0 Å². The zero-order chi connectivity index (χ0) is 15.5. The van der Waals surface area contributed by atoms with Crippen LogP contribution in [0.25, 0.3) is 10.8 Å². The van der Waals surface area contributed by atoms with Crippen LogP contribution in [0.3, 0.4) is 0 Å². The number of hydrogen-bond acceptors (Lipinski definition) is 2. The summed E-state index contributed by atoms with van der Waals surface area (Å²) >= 11 is 0. The predicted molar refractivity (Wildman–Crippen MR) is 79.2 cm³/mol. The van der Waals surface area contributed by atoms with Gasteiger partial charge in [-0.3, -0.25) is 0 Å². The number of ether oxygens (including phenoxy) is 2. The Morgan fingerprint density at radius 2 is 1.71 bits per heavy atom. The zero-order valence-electron chi connectivity index (χ0n) is 12.0. The zero-order valence-corrected chi connectivity index (χ0v) is 12.0. The third-order valence-corrected chi connectivity index (χ3v) is 3.05. The van der Waals surface area contributed by atoms with E-state index >= 15 is 0 Å². The Kier molecular flexibility index (Phi) is 4.78. The van der Waals surface area contributed by atoms with Crippen LogP contribution < -0.4 is 10.2 Å². The lowest BCUT2D eigenvalue weighted by atomic mass is 9.76. The maximum Gasteiger partial charge on any atom is 0.513 e. The quantitative estimate of drug-likeness (QED) is 0.598. The SMILES string of the molecule is CC(C)OCCOc1ccc2ccccc2c1[B-](F)(F)F. The van der Waals surface area contributed by atoms with E-state index in [0.29, 0.717) is 5.39 Å². The van der Waals surface area contributed by atoms with Crippen LogP contribution in [0.2, 0.25) is 0 Å². The first-order valence-electron chi connectivity index (χ1n) is 6.85. The van der Waals surface area contributed by atoms with Crippen molar-refractivity contribution in [2.75, 3.05) is 13.2 Å². The average molecular weight is 297 g/mol. The summed E-state index contributed by atoms with van der Waals surface area (Å²) in [6, 6.07) is 9.46. The number of benzene rings is 2. The van der Waals surface area contributed by atoms with Crippen molar-refractivity contribution in [3.05, 3.63) is 36.4 Å². The topological polar surface area (TPSA) is 18.5 Å². The Balaban J connectivity index is 2.30. The van der Waals surface area contributed by atoms with E-state index in [2.05, 4.69) is 0 Å². The van der Waals surface area contributed by atoms with Gasteiger partial charge in [-0.05, 0) is 30.7 Å². The monoisotopic (exact) mass is 297 g/mol. The summed E-state index contributed by atoms with van der Waals surface area (Å²) in [4.78, 5) is 0. The molecule has 0 N–H and O–H groups in total. The molecule has 6 heteroatoms. The van der Waals surface area contributed by atoms with Crippen molar-refractivity contribution in [3.8, 4) is 5.75 Å². The van der Waals surface area contributed by atoms with E-state index in [1.807, 2.05) is 13.8 Å². The molecule has 2 nitrogen and oxygen atoms in total. The van der Waals surface area contributed by atoms with Crippen molar-refractivity contribution in [1.82, 2.24) is 0 Å². The van der Waals surface area contributed by atoms with Crippen molar-refractivity contribution in [2.24, 2.45) is 0 Å². The summed E-state index contributed by atoms with van der Waals surface area (Å²) in [5.74, 6) is -0.131. The Bertz CT molecular complexity index is 611. The molecule has 0 radical (unpaired) electrons. The molecule has 0 aromatic heterocycles. The van der Waals surface area contributed by atoms with E-state index in [9.17, 15) is 12.9 Å². The van der Waals surface area contributed by atoms with E-state index < -0.39 is 12.4 Å². The van der Waals surface area contributed by atoms with Gasteiger partial charge in [0.15, 0.2) is 0 Å². The molecule has 0 spiro atoms. The molecule has 21 heavy (non-hydrogen) atoms. The van der Waals surface area contributed by atoms with Crippen molar-refractivity contribution in [1.29, 1.82) is 0 Å². The van der Waals surface area contributed by atoms with Gasteiger partial charge in [0.05, 0.1) is 18.5 Å². The fourth-order valence-corrected chi connectivity index (χ4v) is 2.17. The maximum absolute atomic E-state index is 13.4. The second kappa shape index (κ2) is 6.39. The smallest absolute Gasteiger partial charge is 0.494 e. The number of halogens is 3. The van der Waals surface area contributed by atoms with Crippen LogP contribution in [0.1, 0.15) is 13.8 Å². The van der Waals surface area contributed by atoms with Gasteiger partial charge in [0.25, 0.3) is 0 Å². The van der Waals surface area contributed by atoms with Gasteiger partial charge in [0, 0.05) is 0 Å². The van der Waals surface area contributed by atoms with Gasteiger partial charge in [-0.15, -0.1) is 0 Å². The minimum Gasteiger partial charge on any atom is -0.494 e. The first-order chi connectivity index (χ1) is 9.89. The maximum atomic E-state index is 13.4. The van der Waals surface area contributed by atoms with Crippen molar-refractivity contribution in [2.45, 2.75) is 20.0 Å². The van der Waals surface area contributed by atoms with Crippen LogP contribution in [-0.4, -0.2) is 26.3 Å². The molecular weight excluding hydrogens is 280 g/mol. The Morgan fingerprint density at radius 3 is 2.38 bits per heavy atom. The molecule has 0 aliphatic carbocycles. The molecule has 0 heterocycles. The molecule has 0 fully saturated rings. The second-order valence-electron chi connectivity index (χ2n) is 5.04. The first-order valence-corrected chi connectivity index (χ1v) is 6.85. The first kappa shape index (κ1) is 15.7. The highest BCUT2D eigenvalue weighted by atomic mass is 19.4. The summed E-state index contributed by atoms with van der Waals surface area (Å²) in [6.45, 7) is -1.08. The van der Waals surface area contributed by atoms with E-state index in [1.165, 1.54) is 12.1 Å². The molecule has 2 aromatic rings. The molecule has 2 rings (SSSR count). The predicted octanol–water partition coefficient (Wildman–Crippen LogP) is 3.70. The van der Waals surface area contributed by atoms with Gasteiger partial charge in [0.1, 0.15) is 6.61 Å². The van der Waals surface area contributed by atoms with Gasteiger partial charge in [-0.1, -0.05) is 35.8 Å². The standard InChI is InChI=1S/C15H17BF3O2/c1-11(2)20-9-10-21-14-8-7-12-5-3-4-6-13(12)15(14)16(17,18)19/h3-8,11H,9-10H2,1-2H3/q-1. The summed E-state index contributed by atoms with van der Waals surface area (Å²) < 4.78 is 50.7. The second-order valence-corrected chi connectivity index (χ2v) is 5.04. The van der Waals surface area contributed by atoms with E-state index in [4.69, 9.17) is 9.47 Å². The highest BCUT2D eigenvalue weighted by Crippen LogP contribution is 2.25. The molecule has 0 saturated heterocycles. The minimum atomic E-state index is -5.15. The molecule has 114 valence electrons. The molecule has 0 amide bonds. The molecule has 0 unspecified atom stereocenters. The number of hydrogen-bond donors (Lipinski definition) is 0. The van der Waals surface area contributed by atoms with Gasteiger partial charge >= 0.3 is 6.98 Å². The molecule has 2 aromatic carbocycles. The molecule has 0 aliphatic heterocycles. The van der Waals surface area contributed by atoms with Crippen LogP contribution >= 0.6 is 0 Å². The minimum absolute atomic E-state index is 0.0245. The summed E-state index contributed by atoms with van der Waals surface area (Å²) in [5.41, 5.74) is -0.669. The van der Waals surface area contributed by atoms with Crippen molar-refractivity contribution < 1.29 is 22.4 Å². The average Bonchev–Trinajstić information content (AvgIpc) is 2.41. The number of rotatable bonds is 6. The molecule has 0 atom stereocenters.